The lowest BCUT2D eigenvalue weighted by atomic mass is 9.90. The van der Waals surface area contributed by atoms with Crippen molar-refractivity contribution in [1.29, 1.82) is 0 Å². The van der Waals surface area contributed by atoms with Crippen molar-refractivity contribution in [1.82, 2.24) is 9.97 Å². The molecule has 8 nitrogen and oxygen atoms in total. The Kier molecular flexibility index (Phi) is 7.25. The molecule has 1 saturated heterocycles. The number of nitrogens with zero attached hydrogens (tertiary/aromatic N) is 3. The van der Waals surface area contributed by atoms with Crippen molar-refractivity contribution >= 4 is 12.0 Å². The average molecular weight is 502 g/mol. The molecule has 0 N–H and O–H groups in total. The Morgan fingerprint density at radius 2 is 1.84 bits per heavy atom. The zero-order valence-electron chi connectivity index (χ0n) is 21.3. The van der Waals surface area contributed by atoms with Gasteiger partial charge in [0.05, 0.1) is 31.0 Å². The van der Waals surface area contributed by atoms with E-state index in [0.717, 1.165) is 40.4 Å². The molecule has 2 aromatic carbocycles. The molecular weight excluding hydrogens is 470 g/mol. The number of hydrogen-bond acceptors (Lipinski definition) is 8. The van der Waals surface area contributed by atoms with Gasteiger partial charge in [0.2, 0.25) is 5.89 Å². The summed E-state index contributed by atoms with van der Waals surface area (Å²) in [7, 11) is 1.44. The van der Waals surface area contributed by atoms with Crippen molar-refractivity contribution in [2.75, 3.05) is 31.7 Å². The summed E-state index contributed by atoms with van der Waals surface area (Å²) in [4.78, 5) is 23.5. The summed E-state index contributed by atoms with van der Waals surface area (Å²) in [6.45, 7) is 5.53. The molecule has 0 amide bonds. The van der Waals surface area contributed by atoms with Crippen molar-refractivity contribution in [3.8, 4) is 17.2 Å². The Hall–Kier alpha value is -4.07. The fraction of sp³-hybridized carbons (Fsp3) is 0.345. The van der Waals surface area contributed by atoms with E-state index in [1.165, 1.54) is 7.11 Å². The van der Waals surface area contributed by atoms with E-state index in [1.807, 2.05) is 61.2 Å². The second-order valence-electron chi connectivity index (χ2n) is 9.40. The third-order valence-electron chi connectivity index (χ3n) is 6.76. The SMILES string of the molecule is COC(=O)[C@H]1CN(c2nc(C)co2)C[C@H]1Cc1ccc(OCCc2nc(-c3ccccc3)oc2C)cc1. The summed E-state index contributed by atoms with van der Waals surface area (Å²) in [5.41, 5.74) is 3.82. The van der Waals surface area contributed by atoms with Crippen LogP contribution in [0.1, 0.15) is 22.7 Å². The molecule has 0 radical (unpaired) electrons. The van der Waals surface area contributed by atoms with Crippen LogP contribution in [0.5, 0.6) is 5.75 Å². The summed E-state index contributed by atoms with van der Waals surface area (Å²) in [5, 5.41) is 0. The van der Waals surface area contributed by atoms with Crippen LogP contribution in [0, 0.1) is 25.7 Å². The minimum atomic E-state index is -0.236. The number of ether oxygens (including phenoxy) is 2. The highest BCUT2D eigenvalue weighted by Crippen LogP contribution is 2.31. The first-order valence-electron chi connectivity index (χ1n) is 12.5. The molecule has 1 aliphatic rings. The summed E-state index contributed by atoms with van der Waals surface area (Å²) in [6, 6.07) is 18.5. The number of anilines is 1. The van der Waals surface area contributed by atoms with Crippen LogP contribution in [0.2, 0.25) is 0 Å². The van der Waals surface area contributed by atoms with E-state index in [1.54, 1.807) is 6.26 Å². The van der Waals surface area contributed by atoms with Crippen LogP contribution in [0.15, 0.2) is 69.7 Å². The molecule has 3 heterocycles. The van der Waals surface area contributed by atoms with Crippen LogP contribution >= 0.6 is 0 Å². The van der Waals surface area contributed by atoms with Crippen LogP contribution in [-0.2, 0) is 22.4 Å². The minimum absolute atomic E-state index is 0.0976. The van der Waals surface area contributed by atoms with E-state index in [9.17, 15) is 4.79 Å². The monoisotopic (exact) mass is 501 g/mol. The van der Waals surface area contributed by atoms with Crippen LogP contribution in [0.25, 0.3) is 11.5 Å². The average Bonchev–Trinajstić information content (AvgIpc) is 3.64. The minimum Gasteiger partial charge on any atom is -0.493 e. The van der Waals surface area contributed by atoms with Crippen LogP contribution in [-0.4, -0.2) is 42.7 Å². The number of aryl methyl sites for hydroxylation is 2. The van der Waals surface area contributed by atoms with E-state index >= 15 is 0 Å². The molecule has 5 rings (SSSR count). The van der Waals surface area contributed by atoms with E-state index in [2.05, 4.69) is 22.1 Å². The molecule has 0 spiro atoms. The number of carbonyl (C=O) groups is 1. The smallest absolute Gasteiger partial charge is 0.310 e. The Bertz CT molecular complexity index is 1330. The molecule has 0 bridgehead atoms. The van der Waals surface area contributed by atoms with Crippen LogP contribution < -0.4 is 9.64 Å². The molecular formula is C29H31N3O5. The van der Waals surface area contributed by atoms with Gasteiger partial charge in [0.1, 0.15) is 17.8 Å². The van der Waals surface area contributed by atoms with Gasteiger partial charge in [-0.15, -0.1) is 0 Å². The number of rotatable bonds is 9. The molecule has 2 aromatic heterocycles. The molecule has 0 unspecified atom stereocenters. The summed E-state index contributed by atoms with van der Waals surface area (Å²) >= 11 is 0. The Morgan fingerprint density at radius 3 is 2.54 bits per heavy atom. The van der Waals surface area contributed by atoms with Gasteiger partial charge >= 0.3 is 5.97 Å². The maximum Gasteiger partial charge on any atom is 0.310 e. The van der Waals surface area contributed by atoms with E-state index < -0.39 is 0 Å². The van der Waals surface area contributed by atoms with Gasteiger partial charge in [-0.25, -0.2) is 4.98 Å². The standard InChI is InChI=1S/C29H31N3O5/c1-19-18-36-29(30-19)32-16-23(25(17-32)28(33)34-3)15-21-9-11-24(12-10-21)35-14-13-26-20(2)37-27(31-26)22-7-5-4-6-8-22/h4-12,18,23,25H,13-17H2,1-3H3/t23-,25+/m1/s1. The van der Waals surface area contributed by atoms with E-state index in [-0.39, 0.29) is 17.8 Å². The summed E-state index contributed by atoms with van der Waals surface area (Å²) in [6.07, 6.45) is 3.03. The van der Waals surface area contributed by atoms with Gasteiger partial charge < -0.3 is 23.2 Å². The molecule has 4 aromatic rings. The molecule has 1 fully saturated rings. The maximum absolute atomic E-state index is 12.5. The van der Waals surface area contributed by atoms with E-state index in [0.29, 0.717) is 38.0 Å². The molecule has 2 atom stereocenters. The van der Waals surface area contributed by atoms with Gasteiger partial charge in [0.25, 0.3) is 6.01 Å². The second-order valence-corrected chi connectivity index (χ2v) is 9.40. The van der Waals surface area contributed by atoms with Gasteiger partial charge in [-0.05, 0) is 56.0 Å². The highest BCUT2D eigenvalue weighted by atomic mass is 16.5. The molecule has 0 aliphatic carbocycles. The van der Waals surface area contributed by atoms with Crippen LogP contribution in [0.3, 0.4) is 0 Å². The summed E-state index contributed by atoms with van der Waals surface area (Å²) in [5.74, 6) is 1.89. The highest BCUT2D eigenvalue weighted by molar-refractivity contribution is 5.74. The van der Waals surface area contributed by atoms with Crippen molar-refractivity contribution in [3.63, 3.8) is 0 Å². The molecule has 1 aliphatic heterocycles. The number of carbonyl (C=O) groups excluding carboxylic acids is 1. The second kappa shape index (κ2) is 10.9. The first kappa shape index (κ1) is 24.6. The number of esters is 1. The fourth-order valence-corrected chi connectivity index (χ4v) is 4.79. The van der Waals surface area contributed by atoms with E-state index in [4.69, 9.17) is 18.3 Å². The maximum atomic E-state index is 12.5. The van der Waals surface area contributed by atoms with Crippen LogP contribution in [0.4, 0.5) is 6.01 Å². The van der Waals surface area contributed by atoms with Crippen molar-refractivity contribution in [3.05, 3.63) is 83.6 Å². The lowest BCUT2D eigenvalue weighted by Gasteiger charge is -2.16. The zero-order valence-corrected chi connectivity index (χ0v) is 21.3. The Balaban J connectivity index is 1.17. The predicted molar refractivity (Wildman–Crippen MR) is 138 cm³/mol. The number of aromatic nitrogens is 2. The lowest BCUT2D eigenvalue weighted by Crippen LogP contribution is -2.25. The van der Waals surface area contributed by atoms with Crippen molar-refractivity contribution < 1.29 is 23.1 Å². The van der Waals surface area contributed by atoms with Gasteiger partial charge in [-0.1, -0.05) is 30.3 Å². The first-order chi connectivity index (χ1) is 18.0. The van der Waals surface area contributed by atoms with Crippen molar-refractivity contribution in [2.45, 2.75) is 26.7 Å². The third-order valence-corrected chi connectivity index (χ3v) is 6.76. The number of benzene rings is 2. The number of methoxy groups -OCH3 is 1. The zero-order chi connectivity index (χ0) is 25.8. The first-order valence-corrected chi connectivity index (χ1v) is 12.5. The van der Waals surface area contributed by atoms with Gasteiger partial charge in [-0.2, -0.15) is 4.98 Å². The Morgan fingerprint density at radius 1 is 1.05 bits per heavy atom. The van der Waals surface area contributed by atoms with Crippen molar-refractivity contribution in [2.24, 2.45) is 11.8 Å². The largest absolute Gasteiger partial charge is 0.493 e. The lowest BCUT2D eigenvalue weighted by molar-refractivity contribution is -0.146. The molecule has 8 heteroatoms. The molecule has 37 heavy (non-hydrogen) atoms. The molecule has 0 saturated carbocycles. The number of oxazole rings is 2. The highest BCUT2D eigenvalue weighted by Gasteiger charge is 2.39. The quantitative estimate of drug-likeness (QED) is 0.295. The topological polar surface area (TPSA) is 90.8 Å². The van der Waals surface area contributed by atoms with Gasteiger partial charge in [-0.3, -0.25) is 4.79 Å². The fourth-order valence-electron chi connectivity index (χ4n) is 4.79. The molecule has 192 valence electrons. The number of hydrogen-bond donors (Lipinski definition) is 0. The summed E-state index contributed by atoms with van der Waals surface area (Å²) < 4.78 is 22.5. The van der Waals surface area contributed by atoms with Gasteiger partial charge in [0, 0.05) is 25.1 Å². The van der Waals surface area contributed by atoms with Gasteiger partial charge in [0.15, 0.2) is 0 Å². The normalized spacial score (nSPS) is 17.2. The predicted octanol–water partition coefficient (Wildman–Crippen LogP) is 5.04. The third kappa shape index (κ3) is 5.69. The Labute approximate surface area is 216 Å².